The van der Waals surface area contributed by atoms with E-state index < -0.39 is 0 Å². The minimum atomic E-state index is -0.168. The molecule has 5 heteroatoms. The second-order valence-corrected chi connectivity index (χ2v) is 5.99. The lowest BCUT2D eigenvalue weighted by atomic mass is 10.2. The fourth-order valence-corrected chi connectivity index (χ4v) is 2.84. The van der Waals surface area contributed by atoms with E-state index in [0.29, 0.717) is 11.0 Å². The highest BCUT2D eigenvalue weighted by Gasteiger charge is 2.28. The number of thiazole rings is 1. The van der Waals surface area contributed by atoms with E-state index in [-0.39, 0.29) is 12.1 Å². The van der Waals surface area contributed by atoms with Crippen LogP contribution in [0.1, 0.15) is 19.8 Å². The van der Waals surface area contributed by atoms with Crippen molar-refractivity contribution in [3.8, 4) is 11.3 Å². The molecule has 104 valence electrons. The summed E-state index contributed by atoms with van der Waals surface area (Å²) in [4.78, 5) is 16.3. The summed E-state index contributed by atoms with van der Waals surface area (Å²) in [5, 5.41) is 8.34. The molecule has 1 saturated carbocycles. The van der Waals surface area contributed by atoms with Gasteiger partial charge in [0.1, 0.15) is 0 Å². The van der Waals surface area contributed by atoms with Crippen LogP contribution in [0.2, 0.25) is 0 Å². The van der Waals surface area contributed by atoms with E-state index in [1.807, 2.05) is 35.7 Å². The smallest absolute Gasteiger partial charge is 0.321 e. The number of nitrogens with zero attached hydrogens (tertiary/aromatic N) is 1. The van der Waals surface area contributed by atoms with Crippen LogP contribution in [0.5, 0.6) is 0 Å². The Morgan fingerprint density at radius 3 is 2.80 bits per heavy atom. The van der Waals surface area contributed by atoms with Gasteiger partial charge >= 0.3 is 6.03 Å². The molecule has 2 N–H and O–H groups in total. The van der Waals surface area contributed by atoms with Crippen LogP contribution in [0.3, 0.4) is 0 Å². The summed E-state index contributed by atoms with van der Waals surface area (Å²) >= 11 is 1.44. The molecule has 1 aromatic carbocycles. The molecule has 2 amide bonds. The molecular formula is C15H17N3OS. The zero-order valence-corrected chi connectivity index (χ0v) is 12.1. The summed E-state index contributed by atoms with van der Waals surface area (Å²) in [5.74, 6) is 0.650. The Kier molecular flexibility index (Phi) is 3.69. The molecule has 1 aromatic heterocycles. The van der Waals surface area contributed by atoms with Gasteiger partial charge in [0.15, 0.2) is 5.13 Å². The van der Waals surface area contributed by atoms with Gasteiger partial charge in [-0.2, -0.15) is 0 Å². The maximum Gasteiger partial charge on any atom is 0.321 e. The van der Waals surface area contributed by atoms with E-state index in [1.54, 1.807) is 0 Å². The number of benzene rings is 1. The molecule has 2 aromatic rings. The van der Waals surface area contributed by atoms with Crippen LogP contribution in [0.15, 0.2) is 35.7 Å². The van der Waals surface area contributed by atoms with E-state index in [2.05, 4.69) is 22.5 Å². The molecule has 20 heavy (non-hydrogen) atoms. The molecule has 4 nitrogen and oxygen atoms in total. The molecule has 0 radical (unpaired) electrons. The summed E-state index contributed by atoms with van der Waals surface area (Å²) in [7, 11) is 0. The molecule has 1 aliphatic rings. The molecule has 1 fully saturated rings. The Morgan fingerprint density at radius 1 is 1.35 bits per heavy atom. The van der Waals surface area contributed by atoms with Crippen LogP contribution in [0.4, 0.5) is 9.93 Å². The van der Waals surface area contributed by atoms with Crippen LogP contribution < -0.4 is 10.6 Å². The van der Waals surface area contributed by atoms with Gasteiger partial charge in [0.25, 0.3) is 0 Å². The zero-order valence-electron chi connectivity index (χ0n) is 11.3. The number of hydrogen-bond acceptors (Lipinski definition) is 3. The van der Waals surface area contributed by atoms with Crippen molar-refractivity contribution in [1.29, 1.82) is 0 Å². The summed E-state index contributed by atoms with van der Waals surface area (Å²) in [5.41, 5.74) is 1.95. The largest absolute Gasteiger partial charge is 0.335 e. The van der Waals surface area contributed by atoms with Gasteiger partial charge in [0.2, 0.25) is 0 Å². The number of nitrogens with one attached hydrogen (secondary N) is 2. The van der Waals surface area contributed by atoms with Crippen LogP contribution in [0.25, 0.3) is 11.3 Å². The third-order valence-corrected chi connectivity index (χ3v) is 4.24. The first kappa shape index (κ1) is 13.1. The van der Waals surface area contributed by atoms with Crippen LogP contribution in [-0.2, 0) is 0 Å². The van der Waals surface area contributed by atoms with Gasteiger partial charge in [-0.25, -0.2) is 9.78 Å². The first-order chi connectivity index (χ1) is 9.72. The van der Waals surface area contributed by atoms with E-state index in [4.69, 9.17) is 0 Å². The van der Waals surface area contributed by atoms with E-state index >= 15 is 0 Å². The average molecular weight is 287 g/mol. The van der Waals surface area contributed by atoms with E-state index in [9.17, 15) is 4.79 Å². The Bertz CT molecular complexity index is 592. The average Bonchev–Trinajstić information content (AvgIpc) is 3.21. The highest BCUT2D eigenvalue weighted by atomic mass is 32.1. The van der Waals surface area contributed by atoms with Crippen molar-refractivity contribution >= 4 is 22.5 Å². The lowest BCUT2D eigenvalue weighted by Gasteiger charge is -2.12. The number of anilines is 1. The zero-order chi connectivity index (χ0) is 13.9. The summed E-state index contributed by atoms with van der Waals surface area (Å²) < 4.78 is 0. The summed E-state index contributed by atoms with van der Waals surface area (Å²) in [6.45, 7) is 2.05. The first-order valence-electron chi connectivity index (χ1n) is 6.81. The molecule has 0 aliphatic heterocycles. The van der Waals surface area contributed by atoms with Crippen LogP contribution in [-0.4, -0.2) is 17.1 Å². The standard InChI is InChI=1S/C15H17N3OS/c1-10(11-7-8-11)16-14(19)18-15-17-13(9-20-15)12-5-3-2-4-6-12/h2-6,9-11H,7-8H2,1H3,(H2,16,17,18,19)/t10-/m0/s1. The fourth-order valence-electron chi connectivity index (χ4n) is 2.13. The molecule has 1 heterocycles. The molecule has 0 bridgehead atoms. The van der Waals surface area contributed by atoms with Gasteiger partial charge in [-0.15, -0.1) is 11.3 Å². The highest BCUT2D eigenvalue weighted by Crippen LogP contribution is 2.32. The van der Waals surface area contributed by atoms with Crippen molar-refractivity contribution < 1.29 is 4.79 Å². The fraction of sp³-hybridized carbons (Fsp3) is 0.333. The second-order valence-electron chi connectivity index (χ2n) is 5.13. The summed E-state index contributed by atoms with van der Waals surface area (Å²) in [6.07, 6.45) is 2.44. The van der Waals surface area contributed by atoms with Crippen LogP contribution in [0, 0.1) is 5.92 Å². The first-order valence-corrected chi connectivity index (χ1v) is 7.69. The van der Waals surface area contributed by atoms with Gasteiger partial charge in [-0.3, -0.25) is 5.32 Å². The Hall–Kier alpha value is -1.88. The predicted octanol–water partition coefficient (Wildman–Crippen LogP) is 3.73. The lowest BCUT2D eigenvalue weighted by Crippen LogP contribution is -2.37. The summed E-state index contributed by atoms with van der Waals surface area (Å²) in [6, 6.07) is 10.0. The SMILES string of the molecule is C[C@H](NC(=O)Nc1nc(-c2ccccc2)cs1)C1CC1. The van der Waals surface area contributed by atoms with Crippen molar-refractivity contribution in [2.75, 3.05) is 5.32 Å². The number of rotatable bonds is 4. The van der Waals surface area contributed by atoms with Gasteiger partial charge in [-0.1, -0.05) is 30.3 Å². The monoisotopic (exact) mass is 287 g/mol. The van der Waals surface area contributed by atoms with Gasteiger partial charge in [0.05, 0.1) is 5.69 Å². The number of aromatic nitrogens is 1. The van der Waals surface area contributed by atoms with E-state index in [1.165, 1.54) is 24.2 Å². The topological polar surface area (TPSA) is 54.0 Å². The second kappa shape index (κ2) is 5.63. The van der Waals surface area contributed by atoms with Gasteiger partial charge in [-0.05, 0) is 25.7 Å². The maximum absolute atomic E-state index is 11.8. The third-order valence-electron chi connectivity index (χ3n) is 3.48. The number of urea groups is 1. The minimum absolute atomic E-state index is 0.168. The molecule has 1 atom stereocenters. The molecule has 0 unspecified atom stereocenters. The van der Waals surface area contributed by atoms with E-state index in [0.717, 1.165) is 11.3 Å². The van der Waals surface area contributed by atoms with Crippen molar-refractivity contribution in [2.45, 2.75) is 25.8 Å². The molecule has 3 rings (SSSR count). The Labute approximate surface area is 122 Å². The third kappa shape index (κ3) is 3.17. The van der Waals surface area contributed by atoms with Crippen molar-refractivity contribution in [2.24, 2.45) is 5.92 Å². The maximum atomic E-state index is 11.8. The number of carbonyl (C=O) groups excluding carboxylic acids is 1. The van der Waals surface area contributed by atoms with Crippen molar-refractivity contribution in [1.82, 2.24) is 10.3 Å². The van der Waals surface area contributed by atoms with Crippen molar-refractivity contribution in [3.63, 3.8) is 0 Å². The molecular weight excluding hydrogens is 270 g/mol. The predicted molar refractivity (Wildman–Crippen MR) is 81.9 cm³/mol. The van der Waals surface area contributed by atoms with Crippen molar-refractivity contribution in [3.05, 3.63) is 35.7 Å². The van der Waals surface area contributed by atoms with Gasteiger partial charge in [0, 0.05) is 17.0 Å². The molecule has 0 saturated heterocycles. The highest BCUT2D eigenvalue weighted by molar-refractivity contribution is 7.14. The Balaban J connectivity index is 1.61. The number of hydrogen-bond donors (Lipinski definition) is 2. The number of carbonyl (C=O) groups is 1. The quantitative estimate of drug-likeness (QED) is 0.900. The normalized spacial score (nSPS) is 15.7. The lowest BCUT2D eigenvalue weighted by molar-refractivity contribution is 0.248. The Morgan fingerprint density at radius 2 is 2.10 bits per heavy atom. The van der Waals surface area contributed by atoms with Gasteiger partial charge < -0.3 is 5.32 Å². The number of amides is 2. The van der Waals surface area contributed by atoms with Crippen LogP contribution >= 0.6 is 11.3 Å². The minimum Gasteiger partial charge on any atom is -0.335 e. The molecule has 0 spiro atoms. The molecule has 1 aliphatic carbocycles.